The Morgan fingerprint density at radius 1 is 1.45 bits per heavy atom. The molecule has 1 unspecified atom stereocenters. The molecule has 0 bridgehead atoms. The van der Waals surface area contributed by atoms with Crippen LogP contribution in [0, 0.1) is 5.92 Å². The van der Waals surface area contributed by atoms with Crippen molar-refractivity contribution in [1.29, 1.82) is 0 Å². The minimum Gasteiger partial charge on any atom is -0.378 e. The van der Waals surface area contributed by atoms with Crippen LogP contribution < -0.4 is 5.73 Å². The van der Waals surface area contributed by atoms with Crippen LogP contribution >= 0.6 is 0 Å². The highest BCUT2D eigenvalue weighted by Gasteiger charge is 2.23. The standard InChI is InChI=1S/C9H21NO/c1-8(2)7-9(3,11-4)5-6-10/h8H,5-7,10H2,1-4H3. The quantitative estimate of drug-likeness (QED) is 0.663. The molecule has 0 aliphatic heterocycles. The minimum atomic E-state index is -0.0110. The highest BCUT2D eigenvalue weighted by atomic mass is 16.5. The Morgan fingerprint density at radius 2 is 2.00 bits per heavy atom. The van der Waals surface area contributed by atoms with E-state index in [-0.39, 0.29) is 5.60 Å². The van der Waals surface area contributed by atoms with Gasteiger partial charge in [-0.05, 0) is 32.2 Å². The summed E-state index contributed by atoms with van der Waals surface area (Å²) >= 11 is 0. The maximum atomic E-state index is 5.49. The molecule has 0 saturated carbocycles. The molecule has 0 fully saturated rings. The van der Waals surface area contributed by atoms with Crippen molar-refractivity contribution >= 4 is 0 Å². The van der Waals surface area contributed by atoms with Gasteiger partial charge in [-0.2, -0.15) is 0 Å². The first-order valence-electron chi connectivity index (χ1n) is 4.29. The molecule has 0 aromatic heterocycles. The van der Waals surface area contributed by atoms with E-state index >= 15 is 0 Å². The van der Waals surface area contributed by atoms with Crippen molar-refractivity contribution in [3.05, 3.63) is 0 Å². The van der Waals surface area contributed by atoms with Gasteiger partial charge >= 0.3 is 0 Å². The topological polar surface area (TPSA) is 35.2 Å². The molecule has 2 nitrogen and oxygen atoms in total. The number of ether oxygens (including phenoxy) is 1. The molecule has 0 aliphatic rings. The average molecular weight is 159 g/mol. The van der Waals surface area contributed by atoms with E-state index in [1.807, 2.05) is 0 Å². The van der Waals surface area contributed by atoms with Crippen molar-refractivity contribution in [2.24, 2.45) is 11.7 Å². The molecule has 2 heteroatoms. The number of hydrogen-bond acceptors (Lipinski definition) is 2. The first-order chi connectivity index (χ1) is 5.04. The highest BCUT2D eigenvalue weighted by molar-refractivity contribution is 4.76. The van der Waals surface area contributed by atoms with Crippen LogP contribution in [0.4, 0.5) is 0 Å². The van der Waals surface area contributed by atoms with E-state index in [2.05, 4.69) is 20.8 Å². The smallest absolute Gasteiger partial charge is 0.0665 e. The Morgan fingerprint density at radius 3 is 2.27 bits per heavy atom. The van der Waals surface area contributed by atoms with E-state index in [9.17, 15) is 0 Å². The van der Waals surface area contributed by atoms with Crippen LogP contribution in [0.3, 0.4) is 0 Å². The van der Waals surface area contributed by atoms with Gasteiger partial charge < -0.3 is 10.5 Å². The molecular formula is C9H21NO. The van der Waals surface area contributed by atoms with E-state index in [1.165, 1.54) is 0 Å². The Labute approximate surface area is 70.1 Å². The Kier molecular flexibility index (Phi) is 4.69. The zero-order valence-electron chi connectivity index (χ0n) is 8.18. The molecule has 2 N–H and O–H groups in total. The van der Waals surface area contributed by atoms with Crippen molar-refractivity contribution in [1.82, 2.24) is 0 Å². The van der Waals surface area contributed by atoms with Gasteiger partial charge in [-0.3, -0.25) is 0 Å². The summed E-state index contributed by atoms with van der Waals surface area (Å²) in [7, 11) is 1.76. The van der Waals surface area contributed by atoms with Crippen molar-refractivity contribution in [2.75, 3.05) is 13.7 Å². The van der Waals surface area contributed by atoms with Gasteiger partial charge in [0.1, 0.15) is 0 Å². The van der Waals surface area contributed by atoms with Crippen molar-refractivity contribution in [3.8, 4) is 0 Å². The van der Waals surface area contributed by atoms with Crippen molar-refractivity contribution in [3.63, 3.8) is 0 Å². The minimum absolute atomic E-state index is 0.0110. The van der Waals surface area contributed by atoms with Crippen LogP contribution in [0.2, 0.25) is 0 Å². The summed E-state index contributed by atoms with van der Waals surface area (Å²) < 4.78 is 5.41. The highest BCUT2D eigenvalue weighted by Crippen LogP contribution is 2.22. The molecule has 0 radical (unpaired) electrons. The molecule has 68 valence electrons. The summed E-state index contributed by atoms with van der Waals surface area (Å²) in [6.07, 6.45) is 2.03. The van der Waals surface area contributed by atoms with Crippen LogP contribution in [0.1, 0.15) is 33.6 Å². The van der Waals surface area contributed by atoms with Crippen molar-refractivity contribution in [2.45, 2.75) is 39.2 Å². The van der Waals surface area contributed by atoms with Crippen LogP contribution in [-0.4, -0.2) is 19.3 Å². The Bertz CT molecular complexity index is 104. The SMILES string of the molecule is COC(C)(CCN)CC(C)C. The fourth-order valence-electron chi connectivity index (χ4n) is 1.46. The summed E-state index contributed by atoms with van der Waals surface area (Å²) in [4.78, 5) is 0. The third kappa shape index (κ3) is 4.38. The van der Waals surface area contributed by atoms with Crippen LogP contribution in [0.5, 0.6) is 0 Å². The molecule has 0 aromatic rings. The van der Waals surface area contributed by atoms with Crippen LogP contribution in [0.25, 0.3) is 0 Å². The average Bonchev–Trinajstić information content (AvgIpc) is 1.87. The van der Waals surface area contributed by atoms with Gasteiger partial charge in [0.25, 0.3) is 0 Å². The van der Waals surface area contributed by atoms with Crippen molar-refractivity contribution < 1.29 is 4.74 Å². The fraction of sp³-hybridized carbons (Fsp3) is 1.00. The second-order valence-corrected chi connectivity index (χ2v) is 3.79. The number of rotatable bonds is 5. The maximum Gasteiger partial charge on any atom is 0.0665 e. The van der Waals surface area contributed by atoms with E-state index in [0.29, 0.717) is 12.5 Å². The van der Waals surface area contributed by atoms with E-state index in [0.717, 1.165) is 12.8 Å². The molecule has 0 aliphatic carbocycles. The molecule has 0 amide bonds. The molecule has 0 aromatic carbocycles. The predicted octanol–water partition coefficient (Wildman–Crippen LogP) is 1.79. The molecule has 0 saturated heterocycles. The first-order valence-corrected chi connectivity index (χ1v) is 4.29. The van der Waals surface area contributed by atoms with Gasteiger partial charge in [-0.1, -0.05) is 13.8 Å². The fourth-order valence-corrected chi connectivity index (χ4v) is 1.46. The lowest BCUT2D eigenvalue weighted by molar-refractivity contribution is -0.0154. The Balaban J connectivity index is 3.87. The van der Waals surface area contributed by atoms with E-state index in [1.54, 1.807) is 7.11 Å². The maximum absolute atomic E-state index is 5.49. The van der Waals surface area contributed by atoms with E-state index in [4.69, 9.17) is 10.5 Å². The summed E-state index contributed by atoms with van der Waals surface area (Å²) in [6, 6.07) is 0. The lowest BCUT2D eigenvalue weighted by atomic mass is 9.91. The zero-order chi connectivity index (χ0) is 8.91. The molecule has 11 heavy (non-hydrogen) atoms. The summed E-state index contributed by atoms with van der Waals surface area (Å²) in [5.74, 6) is 0.673. The summed E-state index contributed by atoms with van der Waals surface area (Å²) in [6.45, 7) is 7.23. The first kappa shape index (κ1) is 10.9. The monoisotopic (exact) mass is 159 g/mol. The second-order valence-electron chi connectivity index (χ2n) is 3.79. The lowest BCUT2D eigenvalue weighted by Crippen LogP contribution is -2.31. The molecule has 1 atom stereocenters. The molecule has 0 rings (SSSR count). The van der Waals surface area contributed by atoms with Crippen LogP contribution in [-0.2, 0) is 4.74 Å². The summed E-state index contributed by atoms with van der Waals surface area (Å²) in [5.41, 5.74) is 5.47. The zero-order valence-corrected chi connectivity index (χ0v) is 8.18. The number of nitrogens with two attached hydrogens (primary N) is 1. The van der Waals surface area contributed by atoms with Gasteiger partial charge in [-0.25, -0.2) is 0 Å². The largest absolute Gasteiger partial charge is 0.378 e. The van der Waals surface area contributed by atoms with Gasteiger partial charge in [0.2, 0.25) is 0 Å². The number of methoxy groups -OCH3 is 1. The van der Waals surface area contributed by atoms with Gasteiger partial charge in [0, 0.05) is 7.11 Å². The predicted molar refractivity (Wildman–Crippen MR) is 48.5 cm³/mol. The summed E-state index contributed by atoms with van der Waals surface area (Å²) in [5, 5.41) is 0. The van der Waals surface area contributed by atoms with Gasteiger partial charge in [0.05, 0.1) is 5.60 Å². The van der Waals surface area contributed by atoms with E-state index < -0.39 is 0 Å². The van der Waals surface area contributed by atoms with Gasteiger partial charge in [0.15, 0.2) is 0 Å². The molecular weight excluding hydrogens is 138 g/mol. The third-order valence-corrected chi connectivity index (χ3v) is 2.01. The lowest BCUT2D eigenvalue weighted by Gasteiger charge is -2.29. The third-order valence-electron chi connectivity index (χ3n) is 2.01. The molecule has 0 spiro atoms. The Hall–Kier alpha value is -0.0800. The normalized spacial score (nSPS) is 16.9. The van der Waals surface area contributed by atoms with Gasteiger partial charge in [-0.15, -0.1) is 0 Å². The van der Waals surface area contributed by atoms with Crippen LogP contribution in [0.15, 0.2) is 0 Å². The molecule has 0 heterocycles. The second kappa shape index (κ2) is 4.73. The number of hydrogen-bond donors (Lipinski definition) is 1.